The molecule has 16 heavy (non-hydrogen) atoms. The summed E-state index contributed by atoms with van der Waals surface area (Å²) >= 11 is 0. The molecule has 4 heteroatoms. The number of carboxylic acids is 1. The Morgan fingerprint density at radius 1 is 1.25 bits per heavy atom. The maximum absolute atomic E-state index is 11.9. The Balaban J connectivity index is 1.58. The molecule has 3 aliphatic carbocycles. The van der Waals surface area contributed by atoms with Crippen LogP contribution in [0.3, 0.4) is 0 Å². The van der Waals surface area contributed by atoms with Crippen LogP contribution < -0.4 is 5.32 Å². The highest BCUT2D eigenvalue weighted by Crippen LogP contribution is 2.54. The standard InChI is InChI=1S/C12H17NO3/c14-10(9-6-8(9)7-2-3-7)13-12(11(15)16)4-1-5-12/h7-9H,1-6H2,(H,13,14)(H,15,16). The largest absolute Gasteiger partial charge is 0.480 e. The SMILES string of the molecule is O=C(NC1(C(=O)O)CCC1)C1CC1C1CC1. The van der Waals surface area contributed by atoms with Crippen molar-refractivity contribution in [2.24, 2.45) is 17.8 Å². The summed E-state index contributed by atoms with van der Waals surface area (Å²) in [5.41, 5.74) is -0.923. The van der Waals surface area contributed by atoms with E-state index in [2.05, 4.69) is 5.32 Å². The molecule has 2 unspecified atom stereocenters. The first-order chi connectivity index (χ1) is 7.62. The molecule has 0 aromatic rings. The van der Waals surface area contributed by atoms with Crippen molar-refractivity contribution in [1.82, 2.24) is 5.32 Å². The summed E-state index contributed by atoms with van der Waals surface area (Å²) in [5, 5.41) is 11.9. The van der Waals surface area contributed by atoms with Gasteiger partial charge in [0.1, 0.15) is 5.54 Å². The van der Waals surface area contributed by atoms with Crippen LogP contribution in [0.25, 0.3) is 0 Å². The number of aliphatic carboxylic acids is 1. The van der Waals surface area contributed by atoms with Crippen LogP contribution in [0.2, 0.25) is 0 Å². The quantitative estimate of drug-likeness (QED) is 0.751. The molecule has 88 valence electrons. The van der Waals surface area contributed by atoms with E-state index in [0.717, 1.165) is 18.8 Å². The van der Waals surface area contributed by atoms with Crippen LogP contribution in [-0.4, -0.2) is 22.5 Å². The zero-order valence-corrected chi connectivity index (χ0v) is 9.24. The van der Waals surface area contributed by atoms with Crippen molar-refractivity contribution < 1.29 is 14.7 Å². The molecular formula is C12H17NO3. The summed E-state index contributed by atoms with van der Waals surface area (Å²) in [6, 6.07) is 0. The van der Waals surface area contributed by atoms with Gasteiger partial charge >= 0.3 is 5.97 Å². The van der Waals surface area contributed by atoms with E-state index >= 15 is 0 Å². The summed E-state index contributed by atoms with van der Waals surface area (Å²) in [5.74, 6) is 0.558. The molecule has 0 radical (unpaired) electrons. The molecule has 0 spiro atoms. The van der Waals surface area contributed by atoms with Crippen LogP contribution >= 0.6 is 0 Å². The lowest BCUT2D eigenvalue weighted by Crippen LogP contribution is -2.59. The smallest absolute Gasteiger partial charge is 0.329 e. The molecular weight excluding hydrogens is 206 g/mol. The number of nitrogens with one attached hydrogen (secondary N) is 1. The van der Waals surface area contributed by atoms with Crippen molar-refractivity contribution in [2.45, 2.75) is 44.1 Å². The Morgan fingerprint density at radius 2 is 1.94 bits per heavy atom. The van der Waals surface area contributed by atoms with Crippen molar-refractivity contribution in [3.05, 3.63) is 0 Å². The highest BCUT2D eigenvalue weighted by Gasteiger charge is 2.54. The third-order valence-corrected chi connectivity index (χ3v) is 4.38. The third kappa shape index (κ3) is 1.51. The van der Waals surface area contributed by atoms with Crippen molar-refractivity contribution >= 4 is 11.9 Å². The van der Waals surface area contributed by atoms with Gasteiger partial charge in [0.05, 0.1) is 0 Å². The van der Waals surface area contributed by atoms with Crippen LogP contribution in [0, 0.1) is 17.8 Å². The average molecular weight is 223 g/mol. The van der Waals surface area contributed by atoms with Crippen molar-refractivity contribution in [1.29, 1.82) is 0 Å². The van der Waals surface area contributed by atoms with Gasteiger partial charge in [-0.25, -0.2) is 4.79 Å². The van der Waals surface area contributed by atoms with Gasteiger partial charge in [0.15, 0.2) is 0 Å². The molecule has 4 nitrogen and oxygen atoms in total. The van der Waals surface area contributed by atoms with Gasteiger partial charge in [0, 0.05) is 5.92 Å². The maximum atomic E-state index is 11.9. The molecule has 2 atom stereocenters. The molecule has 3 aliphatic rings. The molecule has 0 bridgehead atoms. The summed E-state index contributed by atoms with van der Waals surface area (Å²) < 4.78 is 0. The molecule has 3 fully saturated rings. The monoisotopic (exact) mass is 223 g/mol. The molecule has 0 aliphatic heterocycles. The van der Waals surface area contributed by atoms with Gasteiger partial charge in [0.2, 0.25) is 5.91 Å². The van der Waals surface area contributed by atoms with E-state index in [1.807, 2.05) is 0 Å². The van der Waals surface area contributed by atoms with Crippen molar-refractivity contribution in [3.8, 4) is 0 Å². The van der Waals surface area contributed by atoms with Crippen LogP contribution in [0.5, 0.6) is 0 Å². The van der Waals surface area contributed by atoms with E-state index in [1.54, 1.807) is 0 Å². The second kappa shape index (κ2) is 3.22. The number of hydrogen-bond acceptors (Lipinski definition) is 2. The van der Waals surface area contributed by atoms with E-state index < -0.39 is 11.5 Å². The minimum atomic E-state index is -0.923. The lowest BCUT2D eigenvalue weighted by Gasteiger charge is -2.38. The first-order valence-corrected chi connectivity index (χ1v) is 6.18. The normalized spacial score (nSPS) is 35.0. The maximum Gasteiger partial charge on any atom is 0.329 e. The number of rotatable bonds is 4. The first kappa shape index (κ1) is 10.1. The molecule has 0 heterocycles. The van der Waals surface area contributed by atoms with Gasteiger partial charge < -0.3 is 10.4 Å². The first-order valence-electron chi connectivity index (χ1n) is 6.18. The molecule has 0 aromatic carbocycles. The Kier molecular flexibility index (Phi) is 2.03. The summed E-state index contributed by atoms with van der Waals surface area (Å²) in [7, 11) is 0. The fraction of sp³-hybridized carbons (Fsp3) is 0.833. The molecule has 1 amide bonds. The van der Waals surface area contributed by atoms with E-state index in [1.165, 1.54) is 12.8 Å². The number of carboxylic acid groups (broad SMARTS) is 1. The van der Waals surface area contributed by atoms with Gasteiger partial charge in [-0.3, -0.25) is 4.79 Å². The van der Waals surface area contributed by atoms with Gasteiger partial charge in [-0.15, -0.1) is 0 Å². The minimum Gasteiger partial charge on any atom is -0.480 e. The number of carbonyl (C=O) groups is 2. The highest BCUT2D eigenvalue weighted by molar-refractivity contribution is 5.90. The van der Waals surface area contributed by atoms with E-state index in [-0.39, 0.29) is 11.8 Å². The van der Waals surface area contributed by atoms with Gasteiger partial charge in [0.25, 0.3) is 0 Å². The van der Waals surface area contributed by atoms with Crippen LogP contribution in [0.1, 0.15) is 38.5 Å². The Hall–Kier alpha value is -1.06. The van der Waals surface area contributed by atoms with E-state index in [0.29, 0.717) is 18.8 Å². The van der Waals surface area contributed by atoms with E-state index in [9.17, 15) is 9.59 Å². The summed E-state index contributed by atoms with van der Waals surface area (Å²) in [6.45, 7) is 0. The van der Waals surface area contributed by atoms with Crippen molar-refractivity contribution in [3.63, 3.8) is 0 Å². The fourth-order valence-electron chi connectivity index (χ4n) is 2.81. The second-order valence-corrected chi connectivity index (χ2v) is 5.57. The summed E-state index contributed by atoms with van der Waals surface area (Å²) in [6.07, 6.45) is 5.59. The van der Waals surface area contributed by atoms with Crippen LogP contribution in [0.4, 0.5) is 0 Å². The Morgan fingerprint density at radius 3 is 2.38 bits per heavy atom. The van der Waals surface area contributed by atoms with Crippen LogP contribution in [-0.2, 0) is 9.59 Å². The molecule has 0 saturated heterocycles. The Labute approximate surface area is 94.4 Å². The number of amides is 1. The lowest BCUT2D eigenvalue weighted by molar-refractivity contribution is -0.152. The minimum absolute atomic E-state index is 0.0148. The van der Waals surface area contributed by atoms with Crippen molar-refractivity contribution in [2.75, 3.05) is 0 Å². The van der Waals surface area contributed by atoms with Crippen LogP contribution in [0.15, 0.2) is 0 Å². The lowest BCUT2D eigenvalue weighted by atomic mass is 9.76. The molecule has 3 rings (SSSR count). The predicted molar refractivity (Wildman–Crippen MR) is 56.7 cm³/mol. The molecule has 0 aromatic heterocycles. The fourth-order valence-corrected chi connectivity index (χ4v) is 2.81. The van der Waals surface area contributed by atoms with Gasteiger partial charge in [-0.05, 0) is 50.4 Å². The van der Waals surface area contributed by atoms with E-state index in [4.69, 9.17) is 5.11 Å². The third-order valence-electron chi connectivity index (χ3n) is 4.38. The Bertz CT molecular complexity index is 344. The van der Waals surface area contributed by atoms with Gasteiger partial charge in [-0.1, -0.05) is 0 Å². The predicted octanol–water partition coefficient (Wildman–Crippen LogP) is 1.16. The topological polar surface area (TPSA) is 66.4 Å². The second-order valence-electron chi connectivity index (χ2n) is 5.57. The summed E-state index contributed by atoms with van der Waals surface area (Å²) in [4.78, 5) is 23.0. The highest BCUT2D eigenvalue weighted by atomic mass is 16.4. The zero-order chi connectivity index (χ0) is 11.3. The average Bonchev–Trinajstić information content (AvgIpc) is 2.99. The van der Waals surface area contributed by atoms with Gasteiger partial charge in [-0.2, -0.15) is 0 Å². The number of carbonyl (C=O) groups excluding carboxylic acids is 1. The molecule has 2 N–H and O–H groups in total. The number of hydrogen-bond donors (Lipinski definition) is 2. The molecule has 3 saturated carbocycles. The zero-order valence-electron chi connectivity index (χ0n) is 9.24.